The number of amides is 2. The Hall–Kier alpha value is -2.05. The molecule has 1 aliphatic rings. The number of nitrogens with one attached hydrogen (secondary N) is 1. The van der Waals surface area contributed by atoms with Gasteiger partial charge in [0.25, 0.3) is 0 Å². The number of urea groups is 1. The van der Waals surface area contributed by atoms with Gasteiger partial charge in [-0.25, -0.2) is 4.79 Å². The maximum Gasteiger partial charge on any atom is 0.322 e. The lowest BCUT2D eigenvalue weighted by molar-refractivity contribution is 0.0820. The van der Waals surface area contributed by atoms with E-state index in [9.17, 15) is 4.79 Å². The third kappa shape index (κ3) is 4.62. The van der Waals surface area contributed by atoms with E-state index in [0.717, 1.165) is 60.4 Å². The number of hydrogen-bond donors (Lipinski definition) is 1. The second-order valence-corrected chi connectivity index (χ2v) is 7.50. The first-order chi connectivity index (χ1) is 13.0. The smallest absolute Gasteiger partial charge is 0.322 e. The van der Waals surface area contributed by atoms with Crippen LogP contribution >= 0.6 is 0 Å². The molecule has 1 saturated heterocycles. The first-order valence-electron chi connectivity index (χ1n) is 9.82. The predicted molar refractivity (Wildman–Crippen MR) is 108 cm³/mol. The van der Waals surface area contributed by atoms with E-state index >= 15 is 0 Å². The molecule has 0 spiro atoms. The van der Waals surface area contributed by atoms with Gasteiger partial charge in [-0.1, -0.05) is 19.1 Å². The summed E-state index contributed by atoms with van der Waals surface area (Å²) in [5.41, 5.74) is 2.62. The number of carbonyl (C=O) groups excluding carboxylic acids is 1. The van der Waals surface area contributed by atoms with Crippen molar-refractivity contribution in [1.82, 2.24) is 9.80 Å². The van der Waals surface area contributed by atoms with Gasteiger partial charge in [-0.3, -0.25) is 0 Å². The highest BCUT2D eigenvalue weighted by Gasteiger charge is 2.23. The van der Waals surface area contributed by atoms with Gasteiger partial charge in [-0.2, -0.15) is 0 Å². The standard InChI is InChI=1S/C21H31N3O3/c1-5-19-15(2)17-9-6-10-18(20(17)27-19)22-21(25)24(12-11-23(3)4)14-16-8-7-13-26-16/h6,9-10,16H,5,7-8,11-14H2,1-4H3,(H,22,25)/t16-/m1/s1. The Morgan fingerprint density at radius 2 is 2.11 bits per heavy atom. The molecule has 2 heterocycles. The van der Waals surface area contributed by atoms with Gasteiger partial charge in [0, 0.05) is 38.0 Å². The number of ether oxygens (including phenoxy) is 1. The van der Waals surface area contributed by atoms with E-state index in [1.165, 1.54) is 0 Å². The molecule has 0 bridgehead atoms. The highest BCUT2D eigenvalue weighted by Crippen LogP contribution is 2.31. The van der Waals surface area contributed by atoms with Gasteiger partial charge in [0.1, 0.15) is 5.76 Å². The molecule has 6 heteroatoms. The molecule has 0 saturated carbocycles. The molecular formula is C21H31N3O3. The Labute approximate surface area is 161 Å². The molecular weight excluding hydrogens is 342 g/mol. The van der Waals surface area contributed by atoms with E-state index in [1.807, 2.05) is 37.2 Å². The van der Waals surface area contributed by atoms with E-state index in [1.54, 1.807) is 0 Å². The lowest BCUT2D eigenvalue weighted by atomic mass is 10.1. The van der Waals surface area contributed by atoms with Crippen LogP contribution in [0.25, 0.3) is 11.0 Å². The minimum Gasteiger partial charge on any atom is -0.459 e. The summed E-state index contributed by atoms with van der Waals surface area (Å²) in [6.45, 7) is 7.02. The van der Waals surface area contributed by atoms with Crippen molar-refractivity contribution in [1.29, 1.82) is 0 Å². The monoisotopic (exact) mass is 373 g/mol. The Kier molecular flexibility index (Phi) is 6.39. The molecule has 0 unspecified atom stereocenters. The number of benzene rings is 1. The molecule has 1 fully saturated rings. The Morgan fingerprint density at radius 1 is 1.30 bits per heavy atom. The van der Waals surface area contributed by atoms with Gasteiger partial charge in [-0.05, 0) is 45.5 Å². The van der Waals surface area contributed by atoms with Crippen LogP contribution in [-0.2, 0) is 11.2 Å². The van der Waals surface area contributed by atoms with Crippen LogP contribution in [0.1, 0.15) is 31.1 Å². The van der Waals surface area contributed by atoms with Crippen molar-refractivity contribution in [3.8, 4) is 0 Å². The normalized spacial score (nSPS) is 17.0. The van der Waals surface area contributed by atoms with Crippen molar-refractivity contribution in [2.24, 2.45) is 0 Å². The van der Waals surface area contributed by atoms with Crippen molar-refractivity contribution in [2.75, 3.05) is 45.7 Å². The van der Waals surface area contributed by atoms with Gasteiger partial charge in [0.15, 0.2) is 5.58 Å². The summed E-state index contributed by atoms with van der Waals surface area (Å²) in [6.07, 6.45) is 3.05. The highest BCUT2D eigenvalue weighted by atomic mass is 16.5. The second kappa shape index (κ2) is 8.76. The summed E-state index contributed by atoms with van der Waals surface area (Å²) < 4.78 is 11.8. The van der Waals surface area contributed by atoms with Crippen LogP contribution < -0.4 is 5.32 Å². The van der Waals surface area contributed by atoms with Crippen LogP contribution in [0.4, 0.5) is 10.5 Å². The number of carbonyl (C=O) groups is 1. The maximum atomic E-state index is 13.0. The van der Waals surface area contributed by atoms with Crippen LogP contribution in [0.5, 0.6) is 0 Å². The van der Waals surface area contributed by atoms with Crippen LogP contribution in [0.15, 0.2) is 22.6 Å². The summed E-state index contributed by atoms with van der Waals surface area (Å²) in [5, 5.41) is 4.13. The highest BCUT2D eigenvalue weighted by molar-refractivity contribution is 6.00. The lowest BCUT2D eigenvalue weighted by Gasteiger charge is -2.27. The zero-order valence-corrected chi connectivity index (χ0v) is 16.9. The van der Waals surface area contributed by atoms with Gasteiger partial charge in [0.2, 0.25) is 0 Å². The molecule has 148 valence electrons. The van der Waals surface area contributed by atoms with E-state index in [2.05, 4.69) is 24.1 Å². The molecule has 1 aliphatic heterocycles. The van der Waals surface area contributed by atoms with Crippen molar-refractivity contribution in [2.45, 2.75) is 39.2 Å². The quantitative estimate of drug-likeness (QED) is 0.800. The fourth-order valence-electron chi connectivity index (χ4n) is 3.55. The SMILES string of the molecule is CCc1oc2c(NC(=O)N(CCN(C)C)C[C@H]3CCCO3)cccc2c1C. The molecule has 1 aromatic heterocycles. The van der Waals surface area contributed by atoms with Crippen molar-refractivity contribution >= 4 is 22.7 Å². The van der Waals surface area contributed by atoms with Gasteiger partial charge >= 0.3 is 6.03 Å². The number of fused-ring (bicyclic) bond motifs is 1. The van der Waals surface area contributed by atoms with Gasteiger partial charge in [0.05, 0.1) is 11.8 Å². The molecule has 2 amide bonds. The number of likely N-dealkylation sites (N-methyl/N-ethyl adjacent to an activating group) is 1. The predicted octanol–water partition coefficient (Wildman–Crippen LogP) is 3.88. The van der Waals surface area contributed by atoms with E-state index < -0.39 is 0 Å². The summed E-state index contributed by atoms with van der Waals surface area (Å²) in [7, 11) is 4.03. The fraction of sp³-hybridized carbons (Fsp3) is 0.571. The number of aryl methyl sites for hydroxylation is 2. The Morgan fingerprint density at radius 3 is 2.78 bits per heavy atom. The zero-order chi connectivity index (χ0) is 19.4. The first-order valence-corrected chi connectivity index (χ1v) is 9.82. The number of nitrogens with zero attached hydrogens (tertiary/aromatic N) is 2. The van der Waals surface area contributed by atoms with E-state index in [0.29, 0.717) is 13.1 Å². The molecule has 1 aromatic carbocycles. The molecule has 1 atom stereocenters. The summed E-state index contributed by atoms with van der Waals surface area (Å²) in [5.74, 6) is 0.968. The number of furan rings is 1. The van der Waals surface area contributed by atoms with Crippen molar-refractivity contribution in [3.05, 3.63) is 29.5 Å². The molecule has 27 heavy (non-hydrogen) atoms. The minimum atomic E-state index is -0.105. The average molecular weight is 373 g/mol. The third-order valence-electron chi connectivity index (χ3n) is 5.18. The number of anilines is 1. The third-order valence-corrected chi connectivity index (χ3v) is 5.18. The number of hydrogen-bond acceptors (Lipinski definition) is 4. The number of para-hydroxylation sites is 1. The molecule has 6 nitrogen and oxygen atoms in total. The van der Waals surface area contributed by atoms with Crippen LogP contribution in [0.2, 0.25) is 0 Å². The molecule has 3 rings (SSSR count). The van der Waals surface area contributed by atoms with Crippen LogP contribution in [0, 0.1) is 6.92 Å². The van der Waals surface area contributed by atoms with E-state index in [-0.39, 0.29) is 12.1 Å². The first kappa shape index (κ1) is 19.7. The van der Waals surface area contributed by atoms with Crippen molar-refractivity contribution in [3.63, 3.8) is 0 Å². The molecule has 1 N–H and O–H groups in total. The largest absolute Gasteiger partial charge is 0.459 e. The zero-order valence-electron chi connectivity index (χ0n) is 16.9. The molecule has 0 radical (unpaired) electrons. The average Bonchev–Trinajstić information content (AvgIpc) is 3.27. The van der Waals surface area contributed by atoms with Gasteiger partial charge in [-0.15, -0.1) is 0 Å². The maximum absolute atomic E-state index is 13.0. The van der Waals surface area contributed by atoms with E-state index in [4.69, 9.17) is 9.15 Å². The Bertz CT molecular complexity index is 778. The van der Waals surface area contributed by atoms with Crippen molar-refractivity contribution < 1.29 is 13.9 Å². The topological polar surface area (TPSA) is 58.0 Å². The lowest BCUT2D eigenvalue weighted by Crippen LogP contribution is -2.43. The molecule has 2 aromatic rings. The summed E-state index contributed by atoms with van der Waals surface area (Å²) >= 11 is 0. The molecule has 0 aliphatic carbocycles. The van der Waals surface area contributed by atoms with Gasteiger partial charge < -0.3 is 24.3 Å². The summed E-state index contributed by atoms with van der Waals surface area (Å²) in [4.78, 5) is 17.0. The fourth-order valence-corrected chi connectivity index (χ4v) is 3.55. The van der Waals surface area contributed by atoms with Crippen LogP contribution in [-0.4, -0.2) is 62.3 Å². The number of rotatable bonds is 7. The Balaban J connectivity index is 1.78. The second-order valence-electron chi connectivity index (χ2n) is 7.50. The minimum absolute atomic E-state index is 0.105. The van der Waals surface area contributed by atoms with Crippen LogP contribution in [0.3, 0.4) is 0 Å². The summed E-state index contributed by atoms with van der Waals surface area (Å²) in [6, 6.07) is 5.80.